The predicted octanol–water partition coefficient (Wildman–Crippen LogP) is 2.47. The van der Waals surface area contributed by atoms with E-state index in [1.165, 1.54) is 6.07 Å². The van der Waals surface area contributed by atoms with E-state index >= 15 is 0 Å². The summed E-state index contributed by atoms with van der Waals surface area (Å²) in [5, 5.41) is 11.0. The van der Waals surface area contributed by atoms with Gasteiger partial charge in [0.2, 0.25) is 0 Å². The van der Waals surface area contributed by atoms with Crippen molar-refractivity contribution in [1.29, 1.82) is 0 Å². The Morgan fingerprint density at radius 3 is 2.57 bits per heavy atom. The molecule has 0 radical (unpaired) electrons. The standard InChI is InChI=1S/C14H15N3O4/c1-20-13-4-2-3-5-14(13)21-9-10-6-7-11(16-15)12(8-10)17(18)19/h2-8,16H,9,15H2,1H3. The molecule has 7 nitrogen and oxygen atoms in total. The molecular weight excluding hydrogens is 274 g/mol. The first kappa shape index (κ1) is 14.6. The zero-order valence-electron chi connectivity index (χ0n) is 11.4. The van der Waals surface area contributed by atoms with Crippen LogP contribution >= 0.6 is 0 Å². The summed E-state index contributed by atoms with van der Waals surface area (Å²) >= 11 is 0. The number of rotatable bonds is 6. The molecular formula is C14H15N3O4. The number of nitrogens with zero attached hydrogens (tertiary/aromatic N) is 1. The number of hydrazine groups is 1. The van der Waals surface area contributed by atoms with Crippen molar-refractivity contribution in [2.75, 3.05) is 12.5 Å². The minimum absolute atomic E-state index is 0.0985. The van der Waals surface area contributed by atoms with E-state index in [2.05, 4.69) is 5.43 Å². The molecule has 0 aromatic heterocycles. The van der Waals surface area contributed by atoms with E-state index in [9.17, 15) is 10.1 Å². The number of nitro groups is 1. The number of anilines is 1. The van der Waals surface area contributed by atoms with Crippen molar-refractivity contribution in [2.24, 2.45) is 5.84 Å². The Bertz CT molecular complexity index is 646. The van der Waals surface area contributed by atoms with Gasteiger partial charge in [0.05, 0.1) is 12.0 Å². The third-order valence-electron chi connectivity index (χ3n) is 2.88. The van der Waals surface area contributed by atoms with Gasteiger partial charge in [-0.15, -0.1) is 0 Å². The second-order valence-corrected chi connectivity index (χ2v) is 4.19. The lowest BCUT2D eigenvalue weighted by atomic mass is 10.2. The lowest BCUT2D eigenvalue weighted by molar-refractivity contribution is -0.384. The van der Waals surface area contributed by atoms with E-state index in [4.69, 9.17) is 15.3 Å². The molecule has 0 aliphatic heterocycles. The topological polar surface area (TPSA) is 99.7 Å². The summed E-state index contributed by atoms with van der Waals surface area (Å²) in [4.78, 5) is 10.5. The van der Waals surface area contributed by atoms with Crippen LogP contribution in [-0.4, -0.2) is 12.0 Å². The number of ether oxygens (including phenoxy) is 2. The molecule has 0 unspecified atom stereocenters. The van der Waals surface area contributed by atoms with E-state index in [1.807, 2.05) is 12.1 Å². The van der Waals surface area contributed by atoms with Crippen LogP contribution in [0.3, 0.4) is 0 Å². The van der Waals surface area contributed by atoms with Gasteiger partial charge < -0.3 is 14.9 Å². The summed E-state index contributed by atoms with van der Waals surface area (Å²) in [5.41, 5.74) is 3.11. The first-order chi connectivity index (χ1) is 10.2. The fourth-order valence-electron chi connectivity index (χ4n) is 1.84. The van der Waals surface area contributed by atoms with Crippen LogP contribution in [0.5, 0.6) is 11.5 Å². The summed E-state index contributed by atoms with van der Waals surface area (Å²) in [6, 6.07) is 11.9. The van der Waals surface area contributed by atoms with Crippen molar-refractivity contribution in [3.63, 3.8) is 0 Å². The average molecular weight is 289 g/mol. The zero-order chi connectivity index (χ0) is 15.2. The van der Waals surface area contributed by atoms with Crippen LogP contribution in [0.25, 0.3) is 0 Å². The van der Waals surface area contributed by atoms with Crippen molar-refractivity contribution < 1.29 is 14.4 Å². The minimum atomic E-state index is -0.498. The van der Waals surface area contributed by atoms with Crippen LogP contribution in [0, 0.1) is 10.1 Å². The van der Waals surface area contributed by atoms with Crippen LogP contribution < -0.4 is 20.7 Å². The molecule has 0 bridgehead atoms. The SMILES string of the molecule is COc1ccccc1OCc1ccc(NN)c([N+](=O)[O-])c1. The molecule has 2 rings (SSSR count). The minimum Gasteiger partial charge on any atom is -0.493 e. The number of methoxy groups -OCH3 is 1. The Labute approximate surface area is 121 Å². The van der Waals surface area contributed by atoms with Crippen molar-refractivity contribution >= 4 is 11.4 Å². The second-order valence-electron chi connectivity index (χ2n) is 4.19. The lowest BCUT2D eigenvalue weighted by Gasteiger charge is -2.10. The molecule has 0 aliphatic rings. The quantitative estimate of drug-likeness (QED) is 0.481. The Hall–Kier alpha value is -2.80. The molecule has 0 amide bonds. The predicted molar refractivity (Wildman–Crippen MR) is 78.2 cm³/mol. The van der Waals surface area contributed by atoms with Crippen LogP contribution in [0.15, 0.2) is 42.5 Å². The van der Waals surface area contributed by atoms with E-state index in [0.29, 0.717) is 17.1 Å². The Kier molecular flexibility index (Phi) is 4.57. The van der Waals surface area contributed by atoms with Crippen molar-refractivity contribution in [3.8, 4) is 11.5 Å². The van der Waals surface area contributed by atoms with Crippen molar-refractivity contribution in [3.05, 3.63) is 58.1 Å². The molecule has 2 aromatic rings. The van der Waals surface area contributed by atoms with Crippen LogP contribution in [0.1, 0.15) is 5.56 Å². The maximum atomic E-state index is 11.0. The number of benzene rings is 2. The first-order valence-electron chi connectivity index (χ1n) is 6.15. The monoisotopic (exact) mass is 289 g/mol. The fraction of sp³-hybridized carbons (Fsp3) is 0.143. The molecule has 21 heavy (non-hydrogen) atoms. The van der Waals surface area contributed by atoms with E-state index in [0.717, 1.165) is 0 Å². The number of para-hydroxylation sites is 2. The highest BCUT2D eigenvalue weighted by Gasteiger charge is 2.14. The Morgan fingerprint density at radius 2 is 1.95 bits per heavy atom. The van der Waals surface area contributed by atoms with Gasteiger partial charge in [0.25, 0.3) is 5.69 Å². The molecule has 0 fully saturated rings. The number of nitrogens with two attached hydrogens (primary N) is 1. The van der Waals surface area contributed by atoms with Crippen molar-refractivity contribution in [2.45, 2.75) is 6.61 Å². The number of nitrogen functional groups attached to an aromatic ring is 1. The second kappa shape index (κ2) is 6.58. The zero-order valence-corrected chi connectivity index (χ0v) is 11.4. The summed E-state index contributed by atoms with van der Waals surface area (Å²) in [6.07, 6.45) is 0. The third-order valence-corrected chi connectivity index (χ3v) is 2.88. The molecule has 7 heteroatoms. The number of hydrogen-bond donors (Lipinski definition) is 2. The van der Waals surface area contributed by atoms with Crippen LogP contribution in [0.2, 0.25) is 0 Å². The lowest BCUT2D eigenvalue weighted by Crippen LogP contribution is -2.09. The van der Waals surface area contributed by atoms with Gasteiger partial charge in [0, 0.05) is 6.07 Å². The largest absolute Gasteiger partial charge is 0.493 e. The van der Waals surface area contributed by atoms with Crippen LogP contribution in [-0.2, 0) is 6.61 Å². The Balaban J connectivity index is 2.17. The van der Waals surface area contributed by atoms with E-state index in [1.54, 1.807) is 31.4 Å². The molecule has 0 atom stereocenters. The maximum absolute atomic E-state index is 11.0. The molecule has 3 N–H and O–H groups in total. The van der Waals surface area contributed by atoms with Gasteiger partial charge in [0.15, 0.2) is 11.5 Å². The fourth-order valence-corrected chi connectivity index (χ4v) is 1.84. The van der Waals surface area contributed by atoms with Gasteiger partial charge in [-0.3, -0.25) is 16.0 Å². The average Bonchev–Trinajstić information content (AvgIpc) is 2.52. The smallest absolute Gasteiger partial charge is 0.294 e. The third kappa shape index (κ3) is 3.40. The van der Waals surface area contributed by atoms with Crippen molar-refractivity contribution in [1.82, 2.24) is 0 Å². The molecule has 0 spiro atoms. The van der Waals surface area contributed by atoms with Gasteiger partial charge in [-0.1, -0.05) is 18.2 Å². The molecule has 0 saturated heterocycles. The molecule has 110 valence electrons. The normalized spacial score (nSPS) is 10.0. The summed E-state index contributed by atoms with van der Waals surface area (Å²) in [7, 11) is 1.55. The number of nitro benzene ring substituents is 1. The van der Waals surface area contributed by atoms with Gasteiger partial charge in [-0.2, -0.15) is 0 Å². The number of nitrogens with one attached hydrogen (secondary N) is 1. The summed E-state index contributed by atoms with van der Waals surface area (Å²) < 4.78 is 10.8. The van der Waals surface area contributed by atoms with Gasteiger partial charge >= 0.3 is 0 Å². The summed E-state index contributed by atoms with van der Waals surface area (Å²) in [5.74, 6) is 6.42. The highest BCUT2D eigenvalue weighted by Crippen LogP contribution is 2.28. The number of hydrogen-bond acceptors (Lipinski definition) is 6. The Morgan fingerprint density at radius 1 is 1.24 bits per heavy atom. The van der Waals surface area contributed by atoms with Gasteiger partial charge in [0.1, 0.15) is 12.3 Å². The van der Waals surface area contributed by atoms with Gasteiger partial charge in [-0.05, 0) is 23.8 Å². The van der Waals surface area contributed by atoms with E-state index < -0.39 is 4.92 Å². The molecule has 0 aliphatic carbocycles. The van der Waals surface area contributed by atoms with Gasteiger partial charge in [-0.25, -0.2) is 0 Å². The molecule has 0 heterocycles. The first-order valence-corrected chi connectivity index (χ1v) is 6.15. The molecule has 0 saturated carbocycles. The summed E-state index contributed by atoms with van der Waals surface area (Å²) in [6.45, 7) is 0.187. The van der Waals surface area contributed by atoms with Crippen LogP contribution in [0.4, 0.5) is 11.4 Å². The highest BCUT2D eigenvalue weighted by molar-refractivity contribution is 5.61. The molecule has 2 aromatic carbocycles. The highest BCUT2D eigenvalue weighted by atomic mass is 16.6. The van der Waals surface area contributed by atoms with E-state index in [-0.39, 0.29) is 18.0 Å². The maximum Gasteiger partial charge on any atom is 0.294 e.